The quantitative estimate of drug-likeness (QED) is 0.534. The van der Waals surface area contributed by atoms with Crippen molar-refractivity contribution in [3.8, 4) is 0 Å². The van der Waals surface area contributed by atoms with Gasteiger partial charge in [0.25, 0.3) is 5.91 Å². The molecular formula is C19H20N2O6. The number of nitrogens with zero attached hydrogens (tertiary/aromatic N) is 2. The summed E-state index contributed by atoms with van der Waals surface area (Å²) in [5.41, 5.74) is 1.62. The first-order chi connectivity index (χ1) is 12.9. The lowest BCUT2D eigenvalue weighted by Gasteiger charge is -2.20. The number of likely N-dealkylation sites (N-methyl/N-ethyl adjacent to an activating group) is 1. The van der Waals surface area contributed by atoms with Gasteiger partial charge < -0.3 is 14.7 Å². The molecule has 0 unspecified atom stereocenters. The standard InChI is InChI=1S/C19H20N2O6/c1-20(18(22)13-27-12-15-5-3-2-4-6-15)17-11-14(9-10-21(25)26)7-8-16(17)19(23)24/h2-8,11H,9-10,12-13H2,1H3,(H,23,24). The molecule has 1 amide bonds. The molecule has 142 valence electrons. The van der Waals surface area contributed by atoms with Crippen LogP contribution in [0.2, 0.25) is 0 Å². The van der Waals surface area contributed by atoms with Crippen molar-refractivity contribution < 1.29 is 24.4 Å². The summed E-state index contributed by atoms with van der Waals surface area (Å²) in [5, 5.41) is 19.9. The number of carbonyl (C=O) groups is 2. The van der Waals surface area contributed by atoms with Crippen molar-refractivity contribution >= 4 is 17.6 Å². The lowest BCUT2D eigenvalue weighted by atomic mass is 10.1. The lowest BCUT2D eigenvalue weighted by molar-refractivity contribution is -0.479. The molecule has 2 aromatic rings. The van der Waals surface area contributed by atoms with Crippen LogP contribution in [0, 0.1) is 10.1 Å². The Kier molecular flexibility index (Phi) is 7.01. The van der Waals surface area contributed by atoms with Gasteiger partial charge in [-0.3, -0.25) is 14.9 Å². The second-order valence-electron chi connectivity index (χ2n) is 5.89. The number of benzene rings is 2. The zero-order valence-electron chi connectivity index (χ0n) is 14.8. The van der Waals surface area contributed by atoms with Crippen LogP contribution < -0.4 is 4.90 Å². The molecule has 0 heterocycles. The van der Waals surface area contributed by atoms with Crippen LogP contribution in [0.15, 0.2) is 48.5 Å². The highest BCUT2D eigenvalue weighted by atomic mass is 16.6. The van der Waals surface area contributed by atoms with Crippen molar-refractivity contribution in [3.63, 3.8) is 0 Å². The van der Waals surface area contributed by atoms with Crippen LogP contribution in [0.25, 0.3) is 0 Å². The Bertz CT molecular complexity index is 822. The average molecular weight is 372 g/mol. The van der Waals surface area contributed by atoms with Gasteiger partial charge in [-0.1, -0.05) is 36.4 Å². The minimum absolute atomic E-state index is 0.0567. The normalized spacial score (nSPS) is 10.4. The summed E-state index contributed by atoms with van der Waals surface area (Å²) < 4.78 is 5.41. The van der Waals surface area contributed by atoms with Gasteiger partial charge in [-0.05, 0) is 23.3 Å². The highest BCUT2D eigenvalue weighted by Gasteiger charge is 2.19. The lowest BCUT2D eigenvalue weighted by Crippen LogP contribution is -2.31. The number of rotatable bonds is 9. The van der Waals surface area contributed by atoms with Gasteiger partial charge in [0.05, 0.1) is 17.9 Å². The molecule has 2 rings (SSSR count). The predicted octanol–water partition coefficient (Wildman–Crippen LogP) is 2.38. The molecule has 0 aliphatic heterocycles. The molecule has 0 bridgehead atoms. The average Bonchev–Trinajstić information content (AvgIpc) is 2.66. The van der Waals surface area contributed by atoms with Crippen LogP contribution in [-0.4, -0.2) is 42.1 Å². The molecule has 8 nitrogen and oxygen atoms in total. The molecule has 27 heavy (non-hydrogen) atoms. The van der Waals surface area contributed by atoms with Gasteiger partial charge in [0, 0.05) is 18.4 Å². The molecule has 0 saturated heterocycles. The number of carboxylic acids is 1. The van der Waals surface area contributed by atoms with Crippen LogP contribution in [0.4, 0.5) is 5.69 Å². The third-order valence-corrected chi connectivity index (χ3v) is 3.95. The fraction of sp³-hybridized carbons (Fsp3) is 0.263. The maximum atomic E-state index is 12.4. The Labute approximate surface area is 156 Å². The van der Waals surface area contributed by atoms with Gasteiger partial charge in [0.1, 0.15) is 6.61 Å². The first-order valence-corrected chi connectivity index (χ1v) is 8.24. The Morgan fingerprint density at radius 3 is 2.48 bits per heavy atom. The van der Waals surface area contributed by atoms with E-state index < -0.39 is 16.8 Å². The number of carbonyl (C=O) groups excluding carboxylic acids is 1. The second-order valence-corrected chi connectivity index (χ2v) is 5.89. The van der Waals surface area contributed by atoms with Gasteiger partial charge in [0.15, 0.2) is 0 Å². The molecule has 0 aliphatic rings. The molecule has 0 atom stereocenters. The van der Waals surface area contributed by atoms with Crippen molar-refractivity contribution in [1.82, 2.24) is 0 Å². The zero-order chi connectivity index (χ0) is 19.8. The van der Waals surface area contributed by atoms with E-state index in [1.165, 1.54) is 30.1 Å². The van der Waals surface area contributed by atoms with Gasteiger partial charge >= 0.3 is 5.97 Å². The summed E-state index contributed by atoms with van der Waals surface area (Å²) in [7, 11) is 1.45. The summed E-state index contributed by atoms with van der Waals surface area (Å²) in [6, 6.07) is 13.7. The van der Waals surface area contributed by atoms with E-state index >= 15 is 0 Å². The zero-order valence-corrected chi connectivity index (χ0v) is 14.8. The first-order valence-electron chi connectivity index (χ1n) is 8.24. The molecule has 2 aromatic carbocycles. The van der Waals surface area contributed by atoms with Crippen molar-refractivity contribution in [1.29, 1.82) is 0 Å². The van der Waals surface area contributed by atoms with E-state index in [1.54, 1.807) is 0 Å². The Balaban J connectivity index is 2.08. The molecule has 0 fully saturated rings. The van der Waals surface area contributed by atoms with Crippen LogP contribution in [0.3, 0.4) is 0 Å². The van der Waals surface area contributed by atoms with Crippen molar-refractivity contribution in [3.05, 3.63) is 75.3 Å². The maximum absolute atomic E-state index is 12.4. The summed E-state index contributed by atoms with van der Waals surface area (Å²) in [4.78, 5) is 35.1. The van der Waals surface area contributed by atoms with Crippen molar-refractivity contribution in [2.45, 2.75) is 13.0 Å². The SMILES string of the molecule is CN(C(=O)COCc1ccccc1)c1cc(CC[N+](=O)[O-])ccc1C(=O)O. The molecule has 0 spiro atoms. The summed E-state index contributed by atoms with van der Waals surface area (Å²) in [6.45, 7) is -0.234. The second kappa shape index (κ2) is 9.44. The number of carboxylic acid groups (broad SMARTS) is 1. The largest absolute Gasteiger partial charge is 0.478 e. The summed E-state index contributed by atoms with van der Waals surface area (Å²) >= 11 is 0. The maximum Gasteiger partial charge on any atom is 0.337 e. The number of hydrogen-bond acceptors (Lipinski definition) is 5. The Hall–Kier alpha value is -3.26. The Morgan fingerprint density at radius 2 is 1.85 bits per heavy atom. The van der Waals surface area contributed by atoms with E-state index in [4.69, 9.17) is 4.74 Å². The smallest absolute Gasteiger partial charge is 0.337 e. The fourth-order valence-corrected chi connectivity index (χ4v) is 2.47. The molecule has 0 saturated carbocycles. The minimum atomic E-state index is -1.18. The number of anilines is 1. The molecule has 0 radical (unpaired) electrons. The summed E-state index contributed by atoms with van der Waals surface area (Å²) in [6.07, 6.45) is 0.145. The predicted molar refractivity (Wildman–Crippen MR) is 98.5 cm³/mol. The topological polar surface area (TPSA) is 110 Å². The van der Waals surface area contributed by atoms with Crippen LogP contribution >= 0.6 is 0 Å². The van der Waals surface area contributed by atoms with Crippen LogP contribution in [0.1, 0.15) is 21.5 Å². The monoisotopic (exact) mass is 372 g/mol. The first kappa shape index (κ1) is 20.1. The van der Waals surface area contributed by atoms with Crippen LogP contribution in [-0.2, 0) is 22.6 Å². The van der Waals surface area contributed by atoms with Crippen molar-refractivity contribution in [2.75, 3.05) is 25.1 Å². The van der Waals surface area contributed by atoms with Gasteiger partial charge in [-0.25, -0.2) is 4.79 Å². The van der Waals surface area contributed by atoms with E-state index in [1.807, 2.05) is 30.3 Å². The van der Waals surface area contributed by atoms with Gasteiger partial charge in [-0.2, -0.15) is 0 Å². The minimum Gasteiger partial charge on any atom is -0.478 e. The van der Waals surface area contributed by atoms with E-state index in [-0.39, 0.29) is 37.4 Å². The van der Waals surface area contributed by atoms with Gasteiger partial charge in [-0.15, -0.1) is 0 Å². The van der Waals surface area contributed by atoms with Gasteiger partial charge in [0.2, 0.25) is 6.54 Å². The summed E-state index contributed by atoms with van der Waals surface area (Å²) in [5.74, 6) is -1.60. The molecular weight excluding hydrogens is 352 g/mol. The highest BCUT2D eigenvalue weighted by molar-refractivity contribution is 6.02. The number of nitro groups is 1. The van der Waals surface area contributed by atoms with E-state index in [2.05, 4.69) is 0 Å². The van der Waals surface area contributed by atoms with E-state index in [0.29, 0.717) is 5.56 Å². The number of aromatic carboxylic acids is 1. The molecule has 0 aromatic heterocycles. The third kappa shape index (κ3) is 5.89. The Morgan fingerprint density at radius 1 is 1.15 bits per heavy atom. The fourth-order valence-electron chi connectivity index (χ4n) is 2.47. The van der Waals surface area contributed by atoms with E-state index in [9.17, 15) is 24.8 Å². The molecule has 0 aliphatic carbocycles. The number of amides is 1. The molecule has 8 heteroatoms. The van der Waals surface area contributed by atoms with E-state index in [0.717, 1.165) is 5.56 Å². The number of hydrogen-bond donors (Lipinski definition) is 1. The van der Waals surface area contributed by atoms with Crippen molar-refractivity contribution in [2.24, 2.45) is 0 Å². The number of ether oxygens (including phenoxy) is 1. The molecule has 1 N–H and O–H groups in total. The van der Waals surface area contributed by atoms with Crippen LogP contribution in [0.5, 0.6) is 0 Å². The highest BCUT2D eigenvalue weighted by Crippen LogP contribution is 2.22. The third-order valence-electron chi connectivity index (χ3n) is 3.95.